The third-order valence-electron chi connectivity index (χ3n) is 2.63. The van der Waals surface area contributed by atoms with Crippen molar-refractivity contribution in [3.63, 3.8) is 0 Å². The monoisotopic (exact) mass is 266 g/mol. The predicted molar refractivity (Wildman–Crippen MR) is 68.0 cm³/mol. The van der Waals surface area contributed by atoms with Crippen molar-refractivity contribution in [2.24, 2.45) is 5.73 Å². The Labute approximate surface area is 98.0 Å². The molecule has 3 N–H and O–H groups in total. The average molecular weight is 267 g/mol. The van der Waals surface area contributed by atoms with E-state index in [1.54, 1.807) is 0 Å². The number of hydrogen-bond donors (Lipinski definition) is 2. The van der Waals surface area contributed by atoms with E-state index >= 15 is 0 Å². The van der Waals surface area contributed by atoms with E-state index in [4.69, 9.17) is 5.73 Å². The molecule has 0 radical (unpaired) electrons. The van der Waals surface area contributed by atoms with Gasteiger partial charge < -0.3 is 10.7 Å². The molecule has 0 aliphatic carbocycles. The molecular formula is C12H15BrN2. The van der Waals surface area contributed by atoms with Crippen LogP contribution in [0.25, 0.3) is 10.9 Å². The molecule has 0 aliphatic rings. The Kier molecular flexibility index (Phi) is 3.44. The Balaban J connectivity index is 2.21. The second-order valence-corrected chi connectivity index (χ2v) is 4.67. The third kappa shape index (κ3) is 2.41. The Morgan fingerprint density at radius 1 is 1.27 bits per heavy atom. The number of aromatic amines is 1. The number of halogens is 1. The minimum absolute atomic E-state index is 0.786. The molecule has 0 bridgehead atoms. The quantitative estimate of drug-likeness (QED) is 0.820. The molecule has 2 rings (SSSR count). The lowest BCUT2D eigenvalue weighted by atomic mass is 10.1. The highest BCUT2D eigenvalue weighted by Gasteiger charge is 2.03. The van der Waals surface area contributed by atoms with Crippen molar-refractivity contribution in [1.29, 1.82) is 0 Å². The minimum Gasteiger partial charge on any atom is -0.361 e. The number of unbranched alkanes of at least 4 members (excludes halogenated alkanes) is 1. The standard InChI is InChI=1S/C12H15BrN2/c13-10-4-5-11-9(3-1-2-6-14)8-15-12(11)7-10/h4-5,7-8,15H,1-3,6,14H2. The van der Waals surface area contributed by atoms with E-state index in [9.17, 15) is 0 Å². The fourth-order valence-electron chi connectivity index (χ4n) is 1.83. The zero-order valence-electron chi connectivity index (χ0n) is 8.59. The molecule has 0 saturated heterocycles. The van der Waals surface area contributed by atoms with Crippen LogP contribution in [0.3, 0.4) is 0 Å². The number of aryl methyl sites for hydroxylation is 1. The van der Waals surface area contributed by atoms with Crippen LogP contribution in [0, 0.1) is 0 Å². The topological polar surface area (TPSA) is 41.8 Å². The minimum atomic E-state index is 0.786. The molecule has 0 aliphatic heterocycles. The van der Waals surface area contributed by atoms with Crippen LogP contribution in [0.5, 0.6) is 0 Å². The van der Waals surface area contributed by atoms with Crippen LogP contribution in [0.4, 0.5) is 0 Å². The molecule has 1 aromatic heterocycles. The highest BCUT2D eigenvalue weighted by Crippen LogP contribution is 2.23. The molecule has 1 aromatic carbocycles. The Bertz CT molecular complexity index is 448. The molecular weight excluding hydrogens is 252 g/mol. The molecule has 0 saturated carbocycles. The van der Waals surface area contributed by atoms with Crippen LogP contribution in [0.15, 0.2) is 28.9 Å². The summed E-state index contributed by atoms with van der Waals surface area (Å²) in [5, 5.41) is 1.33. The summed E-state index contributed by atoms with van der Waals surface area (Å²) >= 11 is 3.47. The zero-order chi connectivity index (χ0) is 10.7. The molecule has 1 heterocycles. The van der Waals surface area contributed by atoms with Crippen LogP contribution >= 0.6 is 15.9 Å². The van der Waals surface area contributed by atoms with Gasteiger partial charge in [-0.05, 0) is 43.5 Å². The number of aromatic nitrogens is 1. The molecule has 0 amide bonds. The van der Waals surface area contributed by atoms with Gasteiger partial charge >= 0.3 is 0 Å². The maximum Gasteiger partial charge on any atom is 0.0468 e. The SMILES string of the molecule is NCCCCc1c[nH]c2cc(Br)ccc12. The maximum atomic E-state index is 5.49. The lowest BCUT2D eigenvalue weighted by Crippen LogP contribution is -1.98. The van der Waals surface area contributed by atoms with Crippen LogP contribution in [-0.4, -0.2) is 11.5 Å². The van der Waals surface area contributed by atoms with Crippen molar-refractivity contribution in [3.05, 3.63) is 34.4 Å². The predicted octanol–water partition coefficient (Wildman–Crippen LogP) is 3.21. The first-order valence-electron chi connectivity index (χ1n) is 5.27. The number of benzene rings is 1. The normalized spacial score (nSPS) is 11.1. The van der Waals surface area contributed by atoms with E-state index in [1.165, 1.54) is 22.9 Å². The fraction of sp³-hybridized carbons (Fsp3) is 0.333. The first kappa shape index (κ1) is 10.7. The summed E-state index contributed by atoms with van der Waals surface area (Å²) in [5.74, 6) is 0. The Morgan fingerprint density at radius 2 is 2.13 bits per heavy atom. The zero-order valence-corrected chi connectivity index (χ0v) is 10.2. The smallest absolute Gasteiger partial charge is 0.0468 e. The van der Waals surface area contributed by atoms with Gasteiger partial charge in [0, 0.05) is 21.6 Å². The van der Waals surface area contributed by atoms with Gasteiger partial charge in [-0.15, -0.1) is 0 Å². The molecule has 0 fully saturated rings. The van der Waals surface area contributed by atoms with Gasteiger partial charge in [-0.25, -0.2) is 0 Å². The van der Waals surface area contributed by atoms with Crippen LogP contribution < -0.4 is 5.73 Å². The average Bonchev–Trinajstić information content (AvgIpc) is 2.61. The van der Waals surface area contributed by atoms with Crippen molar-refractivity contribution in [1.82, 2.24) is 4.98 Å². The van der Waals surface area contributed by atoms with E-state index in [2.05, 4.69) is 45.3 Å². The number of fused-ring (bicyclic) bond motifs is 1. The first-order valence-corrected chi connectivity index (χ1v) is 6.06. The number of nitrogens with one attached hydrogen (secondary N) is 1. The van der Waals surface area contributed by atoms with Gasteiger partial charge in [0.15, 0.2) is 0 Å². The fourth-order valence-corrected chi connectivity index (χ4v) is 2.19. The molecule has 80 valence electrons. The number of H-pyrrole nitrogens is 1. The second-order valence-electron chi connectivity index (χ2n) is 3.75. The van der Waals surface area contributed by atoms with Crippen LogP contribution in [0.2, 0.25) is 0 Å². The number of nitrogens with two attached hydrogens (primary N) is 1. The third-order valence-corrected chi connectivity index (χ3v) is 3.12. The summed E-state index contributed by atoms with van der Waals surface area (Å²) in [7, 11) is 0. The lowest BCUT2D eigenvalue weighted by Gasteiger charge is -1.98. The molecule has 0 atom stereocenters. The Morgan fingerprint density at radius 3 is 2.93 bits per heavy atom. The molecule has 3 heteroatoms. The summed E-state index contributed by atoms with van der Waals surface area (Å²) in [6.07, 6.45) is 5.48. The molecule has 2 nitrogen and oxygen atoms in total. The van der Waals surface area contributed by atoms with E-state index in [-0.39, 0.29) is 0 Å². The van der Waals surface area contributed by atoms with E-state index in [0.29, 0.717) is 0 Å². The van der Waals surface area contributed by atoms with Crippen LogP contribution in [-0.2, 0) is 6.42 Å². The van der Waals surface area contributed by atoms with E-state index in [0.717, 1.165) is 23.9 Å². The van der Waals surface area contributed by atoms with Gasteiger partial charge in [-0.2, -0.15) is 0 Å². The van der Waals surface area contributed by atoms with Gasteiger partial charge in [-0.1, -0.05) is 22.0 Å². The van der Waals surface area contributed by atoms with Gasteiger partial charge in [0.1, 0.15) is 0 Å². The van der Waals surface area contributed by atoms with Crippen molar-refractivity contribution < 1.29 is 0 Å². The van der Waals surface area contributed by atoms with Gasteiger partial charge in [0.05, 0.1) is 0 Å². The number of hydrogen-bond acceptors (Lipinski definition) is 1. The van der Waals surface area contributed by atoms with Crippen molar-refractivity contribution in [3.8, 4) is 0 Å². The highest BCUT2D eigenvalue weighted by atomic mass is 79.9. The molecule has 0 unspecified atom stereocenters. The van der Waals surface area contributed by atoms with Gasteiger partial charge in [0.2, 0.25) is 0 Å². The molecule has 15 heavy (non-hydrogen) atoms. The molecule has 2 aromatic rings. The maximum absolute atomic E-state index is 5.49. The summed E-state index contributed by atoms with van der Waals surface area (Å²) in [6, 6.07) is 6.36. The van der Waals surface area contributed by atoms with Crippen molar-refractivity contribution >= 4 is 26.8 Å². The van der Waals surface area contributed by atoms with Crippen molar-refractivity contribution in [2.45, 2.75) is 19.3 Å². The van der Waals surface area contributed by atoms with Gasteiger partial charge in [-0.3, -0.25) is 0 Å². The van der Waals surface area contributed by atoms with Gasteiger partial charge in [0.25, 0.3) is 0 Å². The van der Waals surface area contributed by atoms with E-state index < -0.39 is 0 Å². The van der Waals surface area contributed by atoms with Crippen molar-refractivity contribution in [2.75, 3.05) is 6.54 Å². The summed E-state index contributed by atoms with van der Waals surface area (Å²) in [5.41, 5.74) is 8.08. The summed E-state index contributed by atoms with van der Waals surface area (Å²) in [6.45, 7) is 0.786. The largest absolute Gasteiger partial charge is 0.361 e. The molecule has 0 spiro atoms. The first-order chi connectivity index (χ1) is 7.31. The Hall–Kier alpha value is -0.800. The van der Waals surface area contributed by atoms with E-state index in [1.807, 2.05) is 0 Å². The lowest BCUT2D eigenvalue weighted by molar-refractivity contribution is 0.747. The summed E-state index contributed by atoms with van der Waals surface area (Å²) in [4.78, 5) is 3.29. The highest BCUT2D eigenvalue weighted by molar-refractivity contribution is 9.10. The summed E-state index contributed by atoms with van der Waals surface area (Å²) < 4.78 is 1.12. The van der Waals surface area contributed by atoms with Crippen LogP contribution in [0.1, 0.15) is 18.4 Å². The second kappa shape index (κ2) is 4.81. The number of rotatable bonds is 4.